The van der Waals surface area contributed by atoms with Gasteiger partial charge in [0.2, 0.25) is 0 Å². The molecule has 0 aliphatic heterocycles. The Morgan fingerprint density at radius 3 is 1.59 bits per heavy atom. The fourth-order valence-electron chi connectivity index (χ4n) is 1.96. The van der Waals surface area contributed by atoms with E-state index in [2.05, 4.69) is 0 Å². The smallest absolute Gasteiger partial charge is 0.344 e. The molecular weight excluding hydrogens is 384 g/mol. The fourth-order valence-corrected chi connectivity index (χ4v) is 1.96. The van der Waals surface area contributed by atoms with E-state index in [-0.39, 0.29) is 19.8 Å². The van der Waals surface area contributed by atoms with Gasteiger partial charge in [-0.2, -0.15) is 0 Å². The van der Waals surface area contributed by atoms with Gasteiger partial charge in [0, 0.05) is 0 Å². The summed E-state index contributed by atoms with van der Waals surface area (Å²) in [6.45, 7) is 4.40. The fraction of sp³-hybridized carbons (Fsp3) is 0.650. The van der Waals surface area contributed by atoms with Crippen molar-refractivity contribution in [3.8, 4) is 5.75 Å². The number of esters is 1. The van der Waals surface area contributed by atoms with Gasteiger partial charge in [-0.15, -0.1) is 0 Å². The zero-order valence-electron chi connectivity index (χ0n) is 16.8. The maximum Gasteiger partial charge on any atom is 0.344 e. The van der Waals surface area contributed by atoms with Gasteiger partial charge in [-0.25, -0.2) is 4.79 Å². The lowest BCUT2D eigenvalue weighted by atomic mass is 10.3. The molecule has 0 atom stereocenters. The summed E-state index contributed by atoms with van der Waals surface area (Å²) in [4.78, 5) is 11.5. The zero-order valence-corrected chi connectivity index (χ0v) is 16.8. The van der Waals surface area contributed by atoms with E-state index in [0.29, 0.717) is 71.8 Å². The van der Waals surface area contributed by atoms with E-state index in [4.69, 9.17) is 38.3 Å². The number of carbonyl (C=O) groups is 1. The van der Waals surface area contributed by atoms with E-state index in [9.17, 15) is 4.79 Å². The van der Waals surface area contributed by atoms with Crippen LogP contribution in [-0.2, 0) is 33.2 Å². The van der Waals surface area contributed by atoms with Gasteiger partial charge in [0.1, 0.15) is 12.4 Å². The molecule has 1 N–H and O–H groups in total. The molecule has 0 bridgehead atoms. The average molecular weight is 416 g/mol. The average Bonchev–Trinajstić information content (AvgIpc) is 2.75. The van der Waals surface area contributed by atoms with Crippen LogP contribution in [0.15, 0.2) is 30.3 Å². The molecule has 0 aliphatic carbocycles. The van der Waals surface area contributed by atoms with E-state index < -0.39 is 5.97 Å². The van der Waals surface area contributed by atoms with Gasteiger partial charge in [0.25, 0.3) is 0 Å². The molecule has 0 spiro atoms. The van der Waals surface area contributed by atoms with Crippen molar-refractivity contribution < 1.29 is 43.1 Å². The zero-order chi connectivity index (χ0) is 20.8. The molecule has 29 heavy (non-hydrogen) atoms. The van der Waals surface area contributed by atoms with E-state index >= 15 is 0 Å². The van der Waals surface area contributed by atoms with Crippen molar-refractivity contribution in [2.24, 2.45) is 0 Å². The van der Waals surface area contributed by atoms with Crippen LogP contribution in [0.25, 0.3) is 0 Å². The summed E-state index contributed by atoms with van der Waals surface area (Å²) in [5.74, 6) is 0.186. The van der Waals surface area contributed by atoms with Gasteiger partial charge in [-0.3, -0.25) is 0 Å². The van der Waals surface area contributed by atoms with E-state index in [1.807, 2.05) is 18.2 Å². The molecule has 1 aromatic carbocycles. The summed E-state index contributed by atoms with van der Waals surface area (Å²) in [6, 6.07) is 9.07. The summed E-state index contributed by atoms with van der Waals surface area (Å²) in [7, 11) is 0. The molecule has 166 valence electrons. The van der Waals surface area contributed by atoms with Crippen LogP contribution in [-0.4, -0.2) is 97.0 Å². The highest BCUT2D eigenvalue weighted by Gasteiger charge is 2.03. The van der Waals surface area contributed by atoms with Crippen LogP contribution in [0, 0.1) is 0 Å². The van der Waals surface area contributed by atoms with Crippen LogP contribution in [0.4, 0.5) is 0 Å². The third kappa shape index (κ3) is 16.9. The molecule has 0 unspecified atom stereocenters. The highest BCUT2D eigenvalue weighted by Crippen LogP contribution is 2.07. The standard InChI is InChI=1S/C20H32O9/c21-6-7-23-8-9-24-10-11-25-12-13-26-14-15-27-16-17-28-20(22)18-29-19-4-2-1-3-5-19/h1-5,21H,6-18H2. The largest absolute Gasteiger partial charge is 0.482 e. The van der Waals surface area contributed by atoms with Crippen molar-refractivity contribution in [2.45, 2.75) is 0 Å². The third-order valence-electron chi connectivity index (χ3n) is 3.31. The van der Waals surface area contributed by atoms with Crippen molar-refractivity contribution in [3.63, 3.8) is 0 Å². The molecule has 0 heterocycles. The Morgan fingerprint density at radius 1 is 0.655 bits per heavy atom. The number of rotatable bonds is 20. The maximum absolute atomic E-state index is 11.5. The lowest BCUT2D eigenvalue weighted by Crippen LogP contribution is -2.18. The summed E-state index contributed by atoms with van der Waals surface area (Å²) in [6.07, 6.45) is 0. The molecule has 0 amide bonds. The number of aliphatic hydroxyl groups excluding tert-OH is 1. The van der Waals surface area contributed by atoms with Crippen LogP contribution in [0.1, 0.15) is 0 Å². The molecular formula is C20H32O9. The summed E-state index contributed by atoms with van der Waals surface area (Å²) >= 11 is 0. The maximum atomic E-state index is 11.5. The first kappa shape index (κ1) is 25.3. The van der Waals surface area contributed by atoms with Crippen LogP contribution < -0.4 is 4.74 Å². The van der Waals surface area contributed by atoms with Gasteiger partial charge < -0.3 is 38.3 Å². The molecule has 0 aromatic heterocycles. The number of carbonyl (C=O) groups excluding carboxylic acids is 1. The highest BCUT2D eigenvalue weighted by atomic mass is 16.6. The second-order valence-electron chi connectivity index (χ2n) is 5.61. The Kier molecular flexibility index (Phi) is 17.1. The topological polar surface area (TPSA) is 102 Å². The molecule has 9 nitrogen and oxygen atoms in total. The Bertz CT molecular complexity index is 484. The van der Waals surface area contributed by atoms with E-state index in [0.717, 1.165) is 0 Å². The predicted molar refractivity (Wildman–Crippen MR) is 104 cm³/mol. The number of hydrogen-bond acceptors (Lipinski definition) is 9. The molecule has 0 radical (unpaired) electrons. The van der Waals surface area contributed by atoms with Crippen molar-refractivity contribution >= 4 is 5.97 Å². The Morgan fingerprint density at radius 2 is 1.10 bits per heavy atom. The van der Waals surface area contributed by atoms with Crippen molar-refractivity contribution in [3.05, 3.63) is 30.3 Å². The van der Waals surface area contributed by atoms with Crippen molar-refractivity contribution in [2.75, 3.05) is 85.9 Å². The molecule has 1 rings (SSSR count). The normalized spacial score (nSPS) is 10.8. The van der Waals surface area contributed by atoms with Crippen LogP contribution in [0.3, 0.4) is 0 Å². The number of aliphatic hydroxyl groups is 1. The Balaban J connectivity index is 1.74. The van der Waals surface area contributed by atoms with Gasteiger partial charge in [0.15, 0.2) is 6.61 Å². The van der Waals surface area contributed by atoms with Gasteiger partial charge >= 0.3 is 5.97 Å². The summed E-state index contributed by atoms with van der Waals surface area (Å²) in [5, 5.41) is 8.53. The predicted octanol–water partition coefficient (Wildman–Crippen LogP) is 0.684. The number of ether oxygens (including phenoxy) is 7. The minimum absolute atomic E-state index is 0.0201. The number of hydrogen-bond donors (Lipinski definition) is 1. The molecule has 1 aromatic rings. The summed E-state index contributed by atoms with van der Waals surface area (Å²) < 4.78 is 36.6. The van der Waals surface area contributed by atoms with Gasteiger partial charge in [0.05, 0.1) is 72.7 Å². The first-order valence-electron chi connectivity index (χ1n) is 9.66. The Labute approximate surface area is 171 Å². The minimum Gasteiger partial charge on any atom is -0.482 e. The van der Waals surface area contributed by atoms with E-state index in [1.54, 1.807) is 12.1 Å². The molecule has 9 heteroatoms. The van der Waals surface area contributed by atoms with Crippen LogP contribution >= 0.6 is 0 Å². The van der Waals surface area contributed by atoms with Crippen LogP contribution in [0.2, 0.25) is 0 Å². The van der Waals surface area contributed by atoms with Crippen molar-refractivity contribution in [1.29, 1.82) is 0 Å². The first-order chi connectivity index (χ1) is 14.3. The molecule has 0 saturated heterocycles. The van der Waals surface area contributed by atoms with E-state index in [1.165, 1.54) is 0 Å². The highest BCUT2D eigenvalue weighted by molar-refractivity contribution is 5.71. The second-order valence-corrected chi connectivity index (χ2v) is 5.61. The number of para-hydroxylation sites is 1. The first-order valence-corrected chi connectivity index (χ1v) is 9.66. The summed E-state index contributed by atoms with van der Waals surface area (Å²) in [5.41, 5.74) is 0. The molecule has 0 aliphatic rings. The molecule has 0 fully saturated rings. The third-order valence-corrected chi connectivity index (χ3v) is 3.31. The molecule has 0 saturated carbocycles. The quantitative estimate of drug-likeness (QED) is 0.243. The lowest BCUT2D eigenvalue weighted by Gasteiger charge is -2.08. The lowest BCUT2D eigenvalue weighted by molar-refractivity contribution is -0.147. The number of benzene rings is 1. The monoisotopic (exact) mass is 416 g/mol. The van der Waals surface area contributed by atoms with Crippen molar-refractivity contribution in [1.82, 2.24) is 0 Å². The van der Waals surface area contributed by atoms with Gasteiger partial charge in [-0.05, 0) is 12.1 Å². The van der Waals surface area contributed by atoms with Crippen LogP contribution in [0.5, 0.6) is 5.75 Å². The Hall–Kier alpha value is -1.75. The SMILES string of the molecule is O=C(COc1ccccc1)OCCOCCOCCOCCOCCOCCO. The second kappa shape index (κ2) is 19.6. The van der Waals surface area contributed by atoms with Gasteiger partial charge in [-0.1, -0.05) is 18.2 Å². The minimum atomic E-state index is -0.437.